The summed E-state index contributed by atoms with van der Waals surface area (Å²) in [5.41, 5.74) is 4.91. The highest BCUT2D eigenvalue weighted by atomic mass is 16.3. The van der Waals surface area contributed by atoms with E-state index in [-0.39, 0.29) is 6.61 Å². The van der Waals surface area contributed by atoms with Gasteiger partial charge in [0, 0.05) is 12.1 Å². The molecule has 4 rings (SSSR count). The number of imidazole rings is 2. The lowest BCUT2D eigenvalue weighted by Gasteiger charge is -2.02. The highest BCUT2D eigenvalue weighted by Gasteiger charge is 2.08. The average molecular weight is 278 g/mol. The maximum atomic E-state index is 9.11. The zero-order valence-corrected chi connectivity index (χ0v) is 11.3. The van der Waals surface area contributed by atoms with Crippen molar-refractivity contribution in [2.45, 2.75) is 6.54 Å². The number of hydrogen-bond donors (Lipinski definition) is 2. The van der Waals surface area contributed by atoms with Crippen LogP contribution in [-0.4, -0.2) is 31.2 Å². The molecule has 104 valence electrons. The number of rotatable bonds is 3. The molecule has 0 radical (unpaired) electrons. The van der Waals surface area contributed by atoms with Crippen LogP contribution in [0.4, 0.5) is 0 Å². The average Bonchev–Trinajstić information content (AvgIpc) is 3.11. The minimum Gasteiger partial charge on any atom is -0.395 e. The maximum Gasteiger partial charge on any atom is 0.138 e. The topological polar surface area (TPSA) is 66.7 Å². The number of hydrogen-bond acceptors (Lipinski definition) is 3. The molecule has 0 aliphatic rings. The number of para-hydroxylation sites is 2. The molecule has 5 nitrogen and oxygen atoms in total. The molecule has 0 saturated carbocycles. The molecule has 2 aromatic carbocycles. The van der Waals surface area contributed by atoms with Crippen LogP contribution >= 0.6 is 0 Å². The van der Waals surface area contributed by atoms with Crippen LogP contribution in [0.1, 0.15) is 0 Å². The van der Waals surface area contributed by atoms with Crippen LogP contribution in [0.2, 0.25) is 0 Å². The maximum absolute atomic E-state index is 9.11. The molecule has 0 aliphatic heterocycles. The molecule has 2 N–H and O–H groups in total. The first kappa shape index (κ1) is 12.1. The van der Waals surface area contributed by atoms with Crippen molar-refractivity contribution in [3.8, 4) is 11.4 Å². The third-order valence-electron chi connectivity index (χ3n) is 3.62. The van der Waals surface area contributed by atoms with E-state index in [4.69, 9.17) is 5.11 Å². The monoisotopic (exact) mass is 278 g/mol. The van der Waals surface area contributed by atoms with E-state index in [0.717, 1.165) is 33.5 Å². The molecule has 0 fully saturated rings. The van der Waals surface area contributed by atoms with Gasteiger partial charge < -0.3 is 14.7 Å². The minimum absolute atomic E-state index is 0.0975. The third-order valence-corrected chi connectivity index (χ3v) is 3.62. The Labute approximate surface area is 120 Å². The van der Waals surface area contributed by atoms with Crippen molar-refractivity contribution in [1.29, 1.82) is 0 Å². The van der Waals surface area contributed by atoms with Crippen LogP contribution in [0.3, 0.4) is 0 Å². The van der Waals surface area contributed by atoms with Gasteiger partial charge in [0.15, 0.2) is 0 Å². The van der Waals surface area contributed by atoms with Crippen molar-refractivity contribution >= 4 is 22.1 Å². The first-order valence-corrected chi connectivity index (χ1v) is 6.86. The minimum atomic E-state index is 0.0975. The molecule has 2 heterocycles. The number of aliphatic hydroxyl groups excluding tert-OH is 1. The number of aliphatic hydroxyl groups is 1. The van der Waals surface area contributed by atoms with E-state index in [1.807, 2.05) is 41.0 Å². The lowest BCUT2D eigenvalue weighted by atomic mass is 10.2. The van der Waals surface area contributed by atoms with Gasteiger partial charge in [0.05, 0.1) is 35.0 Å². The van der Waals surface area contributed by atoms with Gasteiger partial charge in [0.1, 0.15) is 5.82 Å². The Hall–Kier alpha value is -2.66. The molecule has 0 unspecified atom stereocenters. The number of H-pyrrole nitrogens is 1. The Kier molecular flexibility index (Phi) is 2.72. The summed E-state index contributed by atoms with van der Waals surface area (Å²) in [6.45, 7) is 0.639. The number of fused-ring (bicyclic) bond motifs is 2. The summed E-state index contributed by atoms with van der Waals surface area (Å²) < 4.78 is 1.95. The van der Waals surface area contributed by atoms with Crippen molar-refractivity contribution in [2.75, 3.05) is 6.61 Å². The smallest absolute Gasteiger partial charge is 0.138 e. The second-order valence-electron chi connectivity index (χ2n) is 4.97. The summed E-state index contributed by atoms with van der Waals surface area (Å²) in [6, 6.07) is 14.0. The van der Waals surface area contributed by atoms with Crippen molar-refractivity contribution in [2.24, 2.45) is 0 Å². The first-order chi connectivity index (χ1) is 10.3. The highest BCUT2D eigenvalue weighted by Crippen LogP contribution is 2.24. The lowest BCUT2D eigenvalue weighted by Crippen LogP contribution is -1.99. The van der Waals surface area contributed by atoms with Gasteiger partial charge in [-0.3, -0.25) is 0 Å². The fraction of sp³-hybridized carbons (Fsp3) is 0.125. The first-order valence-electron chi connectivity index (χ1n) is 6.86. The quantitative estimate of drug-likeness (QED) is 0.605. The Morgan fingerprint density at radius 2 is 2.00 bits per heavy atom. The number of nitrogens with zero attached hydrogens (tertiary/aromatic N) is 3. The summed E-state index contributed by atoms with van der Waals surface area (Å²) in [5, 5.41) is 9.11. The number of aromatic nitrogens is 4. The van der Waals surface area contributed by atoms with Crippen molar-refractivity contribution < 1.29 is 5.11 Å². The van der Waals surface area contributed by atoms with E-state index < -0.39 is 0 Å². The highest BCUT2D eigenvalue weighted by molar-refractivity contribution is 5.84. The summed E-state index contributed by atoms with van der Waals surface area (Å²) in [4.78, 5) is 12.3. The number of aromatic amines is 1. The molecule has 21 heavy (non-hydrogen) atoms. The van der Waals surface area contributed by atoms with Crippen LogP contribution < -0.4 is 0 Å². The largest absolute Gasteiger partial charge is 0.395 e. The Morgan fingerprint density at radius 1 is 1.10 bits per heavy atom. The molecule has 2 aromatic heterocycles. The second kappa shape index (κ2) is 4.71. The zero-order chi connectivity index (χ0) is 14.2. The molecule has 0 atom stereocenters. The van der Waals surface area contributed by atoms with E-state index in [0.29, 0.717) is 6.54 Å². The predicted octanol–water partition coefficient (Wildman–Crippen LogP) is 2.57. The van der Waals surface area contributed by atoms with Crippen LogP contribution in [0, 0.1) is 0 Å². The second-order valence-corrected chi connectivity index (χ2v) is 4.97. The molecule has 0 amide bonds. The number of nitrogens with one attached hydrogen (secondary N) is 1. The van der Waals surface area contributed by atoms with Gasteiger partial charge in [0.2, 0.25) is 0 Å². The Balaban J connectivity index is 1.87. The van der Waals surface area contributed by atoms with Crippen molar-refractivity contribution in [3.05, 3.63) is 48.8 Å². The molecular formula is C16H14N4O. The van der Waals surface area contributed by atoms with Gasteiger partial charge in [-0.2, -0.15) is 0 Å². The van der Waals surface area contributed by atoms with Gasteiger partial charge in [-0.05, 0) is 30.3 Å². The fourth-order valence-electron chi connectivity index (χ4n) is 2.58. The molecule has 0 spiro atoms. The van der Waals surface area contributed by atoms with Gasteiger partial charge in [-0.1, -0.05) is 12.1 Å². The Bertz CT molecular complexity index is 889. The molecule has 0 saturated heterocycles. The SMILES string of the molecule is OCCn1cnc2ccc(-c3nc4ccccc4[nH]3)cc21. The predicted molar refractivity (Wildman–Crippen MR) is 81.9 cm³/mol. The fourth-order valence-corrected chi connectivity index (χ4v) is 2.58. The van der Waals surface area contributed by atoms with E-state index in [2.05, 4.69) is 21.0 Å². The summed E-state index contributed by atoms with van der Waals surface area (Å²) in [6.07, 6.45) is 1.75. The van der Waals surface area contributed by atoms with Crippen molar-refractivity contribution in [1.82, 2.24) is 19.5 Å². The molecule has 0 aliphatic carbocycles. The van der Waals surface area contributed by atoms with Gasteiger partial charge in [0.25, 0.3) is 0 Å². The van der Waals surface area contributed by atoms with Crippen LogP contribution in [0.5, 0.6) is 0 Å². The zero-order valence-electron chi connectivity index (χ0n) is 11.3. The summed E-state index contributed by atoms with van der Waals surface area (Å²) in [7, 11) is 0. The summed E-state index contributed by atoms with van der Waals surface area (Å²) >= 11 is 0. The van der Waals surface area contributed by atoms with E-state index in [9.17, 15) is 0 Å². The van der Waals surface area contributed by atoms with Crippen LogP contribution in [-0.2, 0) is 6.54 Å². The third kappa shape index (κ3) is 1.98. The Morgan fingerprint density at radius 3 is 2.86 bits per heavy atom. The molecular weight excluding hydrogens is 264 g/mol. The number of benzene rings is 2. The van der Waals surface area contributed by atoms with Crippen LogP contribution in [0.15, 0.2) is 48.8 Å². The van der Waals surface area contributed by atoms with Gasteiger partial charge in [-0.15, -0.1) is 0 Å². The normalized spacial score (nSPS) is 11.5. The molecule has 5 heteroatoms. The molecule has 0 bridgehead atoms. The standard InChI is InChI=1S/C16H14N4O/c21-8-7-20-10-17-14-6-5-11(9-15(14)20)16-18-12-3-1-2-4-13(12)19-16/h1-6,9-10,21H,7-8H2,(H,18,19). The van der Waals surface area contributed by atoms with Crippen molar-refractivity contribution in [3.63, 3.8) is 0 Å². The van der Waals surface area contributed by atoms with E-state index in [1.165, 1.54) is 0 Å². The molecule has 4 aromatic rings. The lowest BCUT2D eigenvalue weighted by molar-refractivity contribution is 0.278. The van der Waals surface area contributed by atoms with E-state index in [1.54, 1.807) is 6.33 Å². The van der Waals surface area contributed by atoms with Gasteiger partial charge >= 0.3 is 0 Å². The van der Waals surface area contributed by atoms with E-state index >= 15 is 0 Å². The summed E-state index contributed by atoms with van der Waals surface area (Å²) in [5.74, 6) is 0.842. The van der Waals surface area contributed by atoms with Crippen LogP contribution in [0.25, 0.3) is 33.5 Å². The van der Waals surface area contributed by atoms with Gasteiger partial charge in [-0.25, -0.2) is 9.97 Å².